The summed E-state index contributed by atoms with van der Waals surface area (Å²) >= 11 is 0. The van der Waals surface area contributed by atoms with Crippen molar-refractivity contribution in [3.8, 4) is 5.75 Å². The molecule has 1 atom stereocenters. The van der Waals surface area contributed by atoms with E-state index in [0.717, 1.165) is 50.4 Å². The number of nitrogens with one attached hydrogen (secondary N) is 1. The Kier molecular flexibility index (Phi) is 9.97. The number of rotatable bonds is 10. The van der Waals surface area contributed by atoms with Gasteiger partial charge in [0.2, 0.25) is 5.91 Å². The van der Waals surface area contributed by atoms with Gasteiger partial charge in [-0.25, -0.2) is 0 Å². The molecule has 1 amide bonds. The van der Waals surface area contributed by atoms with E-state index in [4.69, 9.17) is 4.99 Å². The molecule has 0 radical (unpaired) electrons. The Morgan fingerprint density at radius 1 is 1.29 bits per heavy atom. The Morgan fingerprint density at radius 3 is 2.61 bits per heavy atom. The average molecular weight is 440 g/mol. The zero-order chi connectivity index (χ0) is 22.8. The molecule has 2 rings (SSSR count). The summed E-state index contributed by atoms with van der Waals surface area (Å²) in [7, 11) is 5.55. The first-order chi connectivity index (χ1) is 14.8. The van der Waals surface area contributed by atoms with Gasteiger partial charge in [0, 0.05) is 47.3 Å². The van der Waals surface area contributed by atoms with Gasteiger partial charge in [-0.3, -0.25) is 14.7 Å². The molecule has 0 aliphatic carbocycles. The summed E-state index contributed by atoms with van der Waals surface area (Å²) in [6.45, 7) is 3.00. The summed E-state index contributed by atoms with van der Waals surface area (Å²) in [4.78, 5) is 23.0. The number of alkyl halides is 2. The van der Waals surface area contributed by atoms with Crippen LogP contribution < -0.4 is 10.1 Å². The average Bonchev–Trinajstić information content (AvgIpc) is 3.19. The first kappa shape index (κ1) is 24.8. The van der Waals surface area contributed by atoms with Crippen LogP contribution in [0.1, 0.15) is 31.7 Å². The molecule has 31 heavy (non-hydrogen) atoms. The molecule has 0 saturated carbocycles. The molecule has 1 aromatic rings. The first-order valence-corrected chi connectivity index (χ1v) is 10.8. The van der Waals surface area contributed by atoms with Gasteiger partial charge < -0.3 is 19.9 Å². The Labute approximate surface area is 184 Å². The van der Waals surface area contributed by atoms with Crippen LogP contribution in [0.25, 0.3) is 0 Å². The normalized spacial score (nSPS) is 17.1. The maximum atomic E-state index is 12.3. The quantitative estimate of drug-likeness (QED) is 0.345. The molecule has 174 valence electrons. The zero-order valence-electron chi connectivity index (χ0n) is 19.0. The highest BCUT2D eigenvalue weighted by molar-refractivity contribution is 5.81. The summed E-state index contributed by atoms with van der Waals surface area (Å²) in [6.07, 6.45) is 2.85. The number of guanidine groups is 1. The number of aliphatic imine (C=N–C) groups is 1. The van der Waals surface area contributed by atoms with Crippen molar-refractivity contribution in [3.05, 3.63) is 29.8 Å². The molecule has 1 heterocycles. The number of likely N-dealkylation sites (N-methyl/N-ethyl adjacent to an activating group) is 1. The molecule has 0 aromatic heterocycles. The Bertz CT molecular complexity index is 712. The van der Waals surface area contributed by atoms with Crippen LogP contribution in [0, 0.1) is 0 Å². The molecular formula is C22H35F2N5O2. The van der Waals surface area contributed by atoms with E-state index >= 15 is 0 Å². The van der Waals surface area contributed by atoms with E-state index in [0.29, 0.717) is 13.1 Å². The molecule has 9 heteroatoms. The van der Waals surface area contributed by atoms with E-state index in [2.05, 4.69) is 15.0 Å². The number of likely N-dealkylation sites (tertiary alicyclic amines) is 1. The number of benzene rings is 1. The van der Waals surface area contributed by atoms with Crippen molar-refractivity contribution >= 4 is 11.9 Å². The topological polar surface area (TPSA) is 60.4 Å². The van der Waals surface area contributed by atoms with Gasteiger partial charge in [0.25, 0.3) is 0 Å². The van der Waals surface area contributed by atoms with Crippen molar-refractivity contribution in [3.63, 3.8) is 0 Å². The lowest BCUT2D eigenvalue weighted by Crippen LogP contribution is -2.43. The predicted octanol–water partition coefficient (Wildman–Crippen LogP) is 2.63. The second-order valence-corrected chi connectivity index (χ2v) is 7.89. The van der Waals surface area contributed by atoms with E-state index in [-0.39, 0.29) is 17.7 Å². The van der Waals surface area contributed by atoms with Crippen LogP contribution in [-0.4, -0.2) is 86.5 Å². The van der Waals surface area contributed by atoms with Crippen LogP contribution in [0.4, 0.5) is 8.78 Å². The number of amides is 1. The van der Waals surface area contributed by atoms with Crippen molar-refractivity contribution in [2.24, 2.45) is 4.99 Å². The van der Waals surface area contributed by atoms with Crippen molar-refractivity contribution in [2.45, 2.75) is 45.4 Å². The van der Waals surface area contributed by atoms with E-state index < -0.39 is 6.61 Å². The number of carbonyl (C=O) groups is 1. The maximum absolute atomic E-state index is 12.3. The number of nitrogens with zero attached hydrogens (tertiary/aromatic N) is 4. The largest absolute Gasteiger partial charge is 0.435 e. The van der Waals surface area contributed by atoms with E-state index in [9.17, 15) is 13.6 Å². The fourth-order valence-corrected chi connectivity index (χ4v) is 3.72. The summed E-state index contributed by atoms with van der Waals surface area (Å²) in [6, 6.07) is 6.62. The summed E-state index contributed by atoms with van der Waals surface area (Å²) in [5, 5.41) is 3.29. The van der Waals surface area contributed by atoms with Gasteiger partial charge in [-0.2, -0.15) is 8.78 Å². The molecule has 1 aromatic carbocycles. The number of halogens is 2. The van der Waals surface area contributed by atoms with Crippen LogP contribution in [0.3, 0.4) is 0 Å². The number of hydrogen-bond acceptors (Lipinski definition) is 4. The molecule has 1 aliphatic heterocycles. The lowest BCUT2D eigenvalue weighted by molar-refractivity contribution is -0.133. The minimum atomic E-state index is -2.82. The van der Waals surface area contributed by atoms with Gasteiger partial charge in [-0.15, -0.1) is 0 Å². The molecule has 1 unspecified atom stereocenters. The third kappa shape index (κ3) is 7.97. The van der Waals surface area contributed by atoms with Crippen molar-refractivity contribution < 1.29 is 18.3 Å². The fraction of sp³-hybridized carbons (Fsp3) is 0.636. The van der Waals surface area contributed by atoms with Crippen molar-refractivity contribution in [2.75, 3.05) is 47.3 Å². The second kappa shape index (κ2) is 12.4. The van der Waals surface area contributed by atoms with Crippen LogP contribution in [0.2, 0.25) is 0 Å². The van der Waals surface area contributed by atoms with Crippen LogP contribution in [-0.2, 0) is 11.3 Å². The van der Waals surface area contributed by atoms with Gasteiger partial charge in [-0.1, -0.05) is 12.1 Å². The van der Waals surface area contributed by atoms with Crippen LogP contribution in [0.5, 0.6) is 5.75 Å². The minimum Gasteiger partial charge on any atom is -0.435 e. The SMILES string of the molecule is CCNC(=NCCCN1CCCC1C(=O)N(C)C)N(C)Cc1ccc(OC(F)F)cc1. The van der Waals surface area contributed by atoms with Crippen LogP contribution >= 0.6 is 0 Å². The molecule has 7 nitrogen and oxygen atoms in total. The highest BCUT2D eigenvalue weighted by atomic mass is 19.3. The molecule has 1 fully saturated rings. The Balaban J connectivity index is 1.87. The molecular weight excluding hydrogens is 404 g/mol. The zero-order valence-corrected chi connectivity index (χ0v) is 19.0. The lowest BCUT2D eigenvalue weighted by Gasteiger charge is -2.26. The third-order valence-electron chi connectivity index (χ3n) is 5.22. The molecule has 1 aliphatic rings. The van der Waals surface area contributed by atoms with Crippen LogP contribution in [0.15, 0.2) is 29.3 Å². The number of carbonyl (C=O) groups excluding carboxylic acids is 1. The van der Waals surface area contributed by atoms with Gasteiger partial charge in [0.05, 0.1) is 6.04 Å². The summed E-state index contributed by atoms with van der Waals surface area (Å²) in [5.41, 5.74) is 0.969. The predicted molar refractivity (Wildman–Crippen MR) is 118 cm³/mol. The Morgan fingerprint density at radius 2 is 2.00 bits per heavy atom. The first-order valence-electron chi connectivity index (χ1n) is 10.8. The number of ether oxygens (including phenoxy) is 1. The highest BCUT2D eigenvalue weighted by Gasteiger charge is 2.30. The number of hydrogen-bond donors (Lipinski definition) is 1. The summed E-state index contributed by atoms with van der Waals surface area (Å²) < 4.78 is 29.0. The lowest BCUT2D eigenvalue weighted by atomic mass is 10.2. The van der Waals surface area contributed by atoms with Crippen molar-refractivity contribution in [1.29, 1.82) is 0 Å². The van der Waals surface area contributed by atoms with Crippen molar-refractivity contribution in [1.82, 2.24) is 20.0 Å². The molecule has 1 N–H and O–H groups in total. The highest BCUT2D eigenvalue weighted by Crippen LogP contribution is 2.19. The second-order valence-electron chi connectivity index (χ2n) is 7.89. The monoisotopic (exact) mass is 439 g/mol. The molecule has 1 saturated heterocycles. The smallest absolute Gasteiger partial charge is 0.387 e. The third-order valence-corrected chi connectivity index (χ3v) is 5.22. The van der Waals surface area contributed by atoms with Gasteiger partial charge in [0.15, 0.2) is 5.96 Å². The summed E-state index contributed by atoms with van der Waals surface area (Å²) in [5.74, 6) is 1.12. The fourth-order valence-electron chi connectivity index (χ4n) is 3.72. The Hall–Kier alpha value is -2.42. The van der Waals surface area contributed by atoms with E-state index in [1.54, 1.807) is 43.3 Å². The van der Waals surface area contributed by atoms with E-state index in [1.165, 1.54) is 0 Å². The van der Waals surface area contributed by atoms with E-state index in [1.807, 2.05) is 18.9 Å². The van der Waals surface area contributed by atoms with Gasteiger partial charge >= 0.3 is 6.61 Å². The van der Waals surface area contributed by atoms with Gasteiger partial charge in [-0.05, 0) is 50.4 Å². The molecule has 0 spiro atoms. The maximum Gasteiger partial charge on any atom is 0.387 e. The minimum absolute atomic E-state index is 0.00749. The molecule has 0 bridgehead atoms. The van der Waals surface area contributed by atoms with Gasteiger partial charge in [0.1, 0.15) is 5.75 Å². The standard InChI is InChI=1S/C22H35F2N5O2/c1-5-25-22(28(4)16-17-9-11-18(12-10-17)31-21(23)24)26-13-7-15-29-14-6-8-19(29)20(30)27(2)3/h9-12,19,21H,5-8,13-16H2,1-4H3,(H,25,26).